The number of hydrogen-bond acceptors (Lipinski definition) is 4. The van der Waals surface area contributed by atoms with Crippen LogP contribution >= 0.6 is 43.6 Å². The Morgan fingerprint density at radius 1 is 1.33 bits per heavy atom. The van der Waals surface area contributed by atoms with Gasteiger partial charge >= 0.3 is 0 Å². The van der Waals surface area contributed by atoms with Crippen LogP contribution in [0.25, 0.3) is 0 Å². The summed E-state index contributed by atoms with van der Waals surface area (Å²) in [6.07, 6.45) is 2.39. The van der Waals surface area contributed by atoms with Gasteiger partial charge < -0.3 is 9.88 Å². The summed E-state index contributed by atoms with van der Waals surface area (Å²) in [7, 11) is 0. The first-order chi connectivity index (χ1) is 11.5. The molecule has 0 spiro atoms. The lowest BCUT2D eigenvalue weighted by atomic mass is 10.2. The highest BCUT2D eigenvalue weighted by atomic mass is 79.9. The molecular formula is C16H18Br2N4OS. The number of nitrogens with one attached hydrogen (secondary N) is 1. The van der Waals surface area contributed by atoms with Gasteiger partial charge in [0.2, 0.25) is 5.91 Å². The topological polar surface area (TPSA) is 59.8 Å². The first kappa shape index (κ1) is 17.9. The fourth-order valence-electron chi connectivity index (χ4n) is 2.47. The highest BCUT2D eigenvalue weighted by Gasteiger charge is 2.30. The third-order valence-corrected chi connectivity index (χ3v) is 6.01. The van der Waals surface area contributed by atoms with Gasteiger partial charge in [-0.1, -0.05) is 11.8 Å². The number of carbonyl (C=O) groups excluding carboxylic acids is 1. The number of nitrogens with zero attached hydrogens (tertiary/aromatic N) is 3. The van der Waals surface area contributed by atoms with E-state index in [0.29, 0.717) is 11.7 Å². The van der Waals surface area contributed by atoms with Gasteiger partial charge in [0.15, 0.2) is 5.16 Å². The van der Waals surface area contributed by atoms with E-state index in [0.717, 1.165) is 37.7 Å². The lowest BCUT2D eigenvalue weighted by Gasteiger charge is -2.11. The predicted octanol–water partition coefficient (Wildman–Crippen LogP) is 4.74. The van der Waals surface area contributed by atoms with Crippen LogP contribution in [0.5, 0.6) is 0 Å². The summed E-state index contributed by atoms with van der Waals surface area (Å²) in [5.74, 6) is 1.85. The second kappa shape index (κ2) is 7.58. The Morgan fingerprint density at radius 2 is 2.00 bits per heavy atom. The quantitative estimate of drug-likeness (QED) is 0.615. The van der Waals surface area contributed by atoms with Gasteiger partial charge in [0.1, 0.15) is 5.82 Å². The van der Waals surface area contributed by atoms with Crippen LogP contribution in [-0.2, 0) is 11.3 Å². The van der Waals surface area contributed by atoms with Crippen LogP contribution < -0.4 is 5.32 Å². The highest BCUT2D eigenvalue weighted by Crippen LogP contribution is 2.40. The van der Waals surface area contributed by atoms with Crippen molar-refractivity contribution in [3.05, 3.63) is 32.5 Å². The first-order valence-electron chi connectivity index (χ1n) is 7.81. The molecule has 0 bridgehead atoms. The lowest BCUT2D eigenvalue weighted by Crippen LogP contribution is -2.15. The zero-order valence-corrected chi connectivity index (χ0v) is 17.5. The number of aromatic nitrogens is 3. The van der Waals surface area contributed by atoms with E-state index in [-0.39, 0.29) is 5.91 Å². The predicted molar refractivity (Wildman–Crippen MR) is 104 cm³/mol. The van der Waals surface area contributed by atoms with Gasteiger partial charge in [-0.3, -0.25) is 4.79 Å². The molecule has 8 heteroatoms. The molecule has 1 aliphatic carbocycles. The van der Waals surface area contributed by atoms with E-state index in [1.54, 1.807) is 0 Å². The van der Waals surface area contributed by atoms with Crippen molar-refractivity contribution in [3.63, 3.8) is 0 Å². The largest absolute Gasteiger partial charge is 0.323 e. The first-order valence-corrected chi connectivity index (χ1v) is 10.4. The minimum absolute atomic E-state index is 0.0659. The van der Waals surface area contributed by atoms with Crippen molar-refractivity contribution in [2.75, 3.05) is 11.1 Å². The zero-order chi connectivity index (χ0) is 17.3. The molecule has 0 unspecified atom stereocenters. The number of benzene rings is 1. The van der Waals surface area contributed by atoms with Gasteiger partial charge in [-0.25, -0.2) is 0 Å². The zero-order valence-electron chi connectivity index (χ0n) is 13.5. The maximum absolute atomic E-state index is 12.3. The normalized spacial score (nSPS) is 14.0. The van der Waals surface area contributed by atoms with Gasteiger partial charge in [0.05, 0.1) is 11.4 Å². The molecule has 3 rings (SSSR count). The van der Waals surface area contributed by atoms with Crippen LogP contribution in [0.15, 0.2) is 26.2 Å². The van der Waals surface area contributed by atoms with E-state index in [4.69, 9.17) is 0 Å². The van der Waals surface area contributed by atoms with Crippen LogP contribution in [-0.4, -0.2) is 26.4 Å². The monoisotopic (exact) mass is 472 g/mol. The minimum Gasteiger partial charge on any atom is -0.323 e. The molecule has 1 aromatic carbocycles. The number of hydrogen-bond donors (Lipinski definition) is 1. The Hall–Kier alpha value is -0.860. The third kappa shape index (κ3) is 4.03. The fraction of sp³-hybridized carbons (Fsp3) is 0.438. The summed E-state index contributed by atoms with van der Waals surface area (Å²) >= 11 is 8.41. The van der Waals surface area contributed by atoms with E-state index in [9.17, 15) is 4.79 Å². The molecule has 0 atom stereocenters. The van der Waals surface area contributed by atoms with Crippen molar-refractivity contribution in [2.45, 2.75) is 44.3 Å². The second-order valence-corrected chi connectivity index (χ2v) is 8.45. The Labute approximate surface area is 162 Å². The van der Waals surface area contributed by atoms with Crippen molar-refractivity contribution in [1.29, 1.82) is 0 Å². The van der Waals surface area contributed by atoms with Gasteiger partial charge in [-0.15, -0.1) is 10.2 Å². The van der Waals surface area contributed by atoms with Gasteiger partial charge in [0.25, 0.3) is 0 Å². The number of thioether (sulfide) groups is 1. The summed E-state index contributed by atoms with van der Waals surface area (Å²) in [5, 5.41) is 12.3. The van der Waals surface area contributed by atoms with Crippen LogP contribution in [0.2, 0.25) is 0 Å². The van der Waals surface area contributed by atoms with Crippen molar-refractivity contribution in [2.24, 2.45) is 0 Å². The third-order valence-electron chi connectivity index (χ3n) is 3.79. The average Bonchev–Trinajstić information content (AvgIpc) is 3.29. The Bertz CT molecular complexity index is 750. The number of carbonyl (C=O) groups is 1. The Balaban J connectivity index is 1.64. The fourth-order valence-corrected chi connectivity index (χ4v) is 4.90. The summed E-state index contributed by atoms with van der Waals surface area (Å²) in [6.45, 7) is 4.92. The number of aryl methyl sites for hydroxylation is 1. The molecule has 1 aliphatic rings. The van der Waals surface area contributed by atoms with E-state index >= 15 is 0 Å². The molecule has 1 saturated carbocycles. The van der Waals surface area contributed by atoms with E-state index in [1.807, 2.05) is 19.1 Å². The molecule has 0 radical (unpaired) electrons. The number of amides is 1. The molecule has 1 aromatic heterocycles. The summed E-state index contributed by atoms with van der Waals surface area (Å²) in [6, 6.07) is 3.95. The molecule has 0 saturated heterocycles. The van der Waals surface area contributed by atoms with Gasteiger partial charge in [-0.05, 0) is 76.2 Å². The molecule has 128 valence electrons. The molecule has 5 nitrogen and oxygen atoms in total. The minimum atomic E-state index is -0.0659. The summed E-state index contributed by atoms with van der Waals surface area (Å²) < 4.78 is 3.84. The molecule has 2 aromatic rings. The van der Waals surface area contributed by atoms with E-state index in [1.165, 1.54) is 24.6 Å². The standard InChI is InChI=1S/C16H18Br2N4OS/c1-3-22-15(10-4-5-10)20-21-16(22)24-8-13(23)19-14-11(17)6-9(2)7-12(14)18/h6-7,10H,3-5,8H2,1-2H3,(H,19,23). The molecule has 1 N–H and O–H groups in total. The summed E-state index contributed by atoms with van der Waals surface area (Å²) in [4.78, 5) is 12.3. The van der Waals surface area contributed by atoms with E-state index in [2.05, 4.69) is 58.9 Å². The van der Waals surface area contributed by atoms with Crippen molar-refractivity contribution in [3.8, 4) is 0 Å². The maximum atomic E-state index is 12.3. The second-order valence-electron chi connectivity index (χ2n) is 5.80. The van der Waals surface area contributed by atoms with Crippen LogP contribution in [0.1, 0.15) is 37.1 Å². The number of halogens is 2. The van der Waals surface area contributed by atoms with E-state index < -0.39 is 0 Å². The molecule has 1 heterocycles. The van der Waals surface area contributed by atoms with Crippen LogP contribution in [0.3, 0.4) is 0 Å². The van der Waals surface area contributed by atoms with Crippen molar-refractivity contribution >= 4 is 55.2 Å². The molecule has 24 heavy (non-hydrogen) atoms. The Kier molecular flexibility index (Phi) is 5.66. The molecule has 1 fully saturated rings. The molecular weight excluding hydrogens is 456 g/mol. The average molecular weight is 474 g/mol. The number of anilines is 1. The molecule has 1 amide bonds. The molecule has 0 aliphatic heterocycles. The van der Waals surface area contributed by atoms with Crippen LogP contribution in [0, 0.1) is 6.92 Å². The van der Waals surface area contributed by atoms with Gasteiger partial charge in [-0.2, -0.15) is 0 Å². The maximum Gasteiger partial charge on any atom is 0.234 e. The highest BCUT2D eigenvalue weighted by molar-refractivity contribution is 9.11. The summed E-state index contributed by atoms with van der Waals surface area (Å²) in [5.41, 5.74) is 1.87. The Morgan fingerprint density at radius 3 is 2.58 bits per heavy atom. The number of rotatable bonds is 6. The van der Waals surface area contributed by atoms with Crippen LogP contribution in [0.4, 0.5) is 5.69 Å². The lowest BCUT2D eigenvalue weighted by molar-refractivity contribution is -0.113. The SMILES string of the molecule is CCn1c(SCC(=O)Nc2c(Br)cc(C)cc2Br)nnc1C1CC1. The van der Waals surface area contributed by atoms with Crippen molar-refractivity contribution < 1.29 is 4.79 Å². The van der Waals surface area contributed by atoms with Crippen molar-refractivity contribution in [1.82, 2.24) is 14.8 Å². The smallest absolute Gasteiger partial charge is 0.234 e. The van der Waals surface area contributed by atoms with Gasteiger partial charge in [0, 0.05) is 21.4 Å².